The van der Waals surface area contributed by atoms with E-state index in [9.17, 15) is 4.79 Å². The summed E-state index contributed by atoms with van der Waals surface area (Å²) < 4.78 is 2.23. The molecule has 0 saturated heterocycles. The fourth-order valence-electron chi connectivity index (χ4n) is 3.35. The van der Waals surface area contributed by atoms with Crippen LogP contribution in [0.5, 0.6) is 0 Å². The van der Waals surface area contributed by atoms with Gasteiger partial charge in [-0.1, -0.05) is 41.4 Å². The van der Waals surface area contributed by atoms with E-state index in [-0.39, 0.29) is 12.3 Å². The first-order valence-electron chi connectivity index (χ1n) is 8.99. The summed E-state index contributed by atoms with van der Waals surface area (Å²) in [5.41, 5.74) is 3.53. The first kappa shape index (κ1) is 18.1. The van der Waals surface area contributed by atoms with Gasteiger partial charge < -0.3 is 9.88 Å². The Balaban J connectivity index is 1.48. The summed E-state index contributed by atoms with van der Waals surface area (Å²) >= 11 is 11.9. The molecule has 3 aromatic rings. The number of carbonyl (C=O) groups is 1. The number of hydrogen-bond acceptors (Lipinski definition) is 2. The number of amides is 1. The molecule has 0 unspecified atom stereocenters. The fraction of sp³-hybridized carbons (Fsp3) is 0.238. The Morgan fingerprint density at radius 2 is 2.00 bits per heavy atom. The highest BCUT2D eigenvalue weighted by atomic mass is 35.5. The predicted molar refractivity (Wildman–Crippen MR) is 109 cm³/mol. The summed E-state index contributed by atoms with van der Waals surface area (Å²) in [4.78, 5) is 17.1. The van der Waals surface area contributed by atoms with Gasteiger partial charge in [-0.25, -0.2) is 4.98 Å². The Morgan fingerprint density at radius 3 is 2.81 bits per heavy atom. The molecule has 0 atom stereocenters. The van der Waals surface area contributed by atoms with Crippen LogP contribution in [0.15, 0.2) is 48.7 Å². The number of aryl methyl sites for hydroxylation is 2. The molecule has 2 heterocycles. The number of imidazole rings is 1. The Labute approximate surface area is 168 Å². The van der Waals surface area contributed by atoms with Crippen LogP contribution in [-0.2, 0) is 24.2 Å². The molecule has 1 aromatic heterocycles. The van der Waals surface area contributed by atoms with Gasteiger partial charge in [0.2, 0.25) is 5.91 Å². The molecule has 0 saturated carbocycles. The number of benzene rings is 2. The highest BCUT2D eigenvalue weighted by Gasteiger charge is 2.14. The predicted octanol–water partition coefficient (Wildman–Crippen LogP) is 5.37. The molecule has 138 valence electrons. The Morgan fingerprint density at radius 1 is 1.11 bits per heavy atom. The van der Waals surface area contributed by atoms with E-state index < -0.39 is 0 Å². The third-order valence-corrected chi connectivity index (χ3v) is 5.44. The number of aromatic nitrogens is 2. The molecule has 1 aliphatic heterocycles. The van der Waals surface area contributed by atoms with E-state index in [0.717, 1.165) is 41.3 Å². The van der Waals surface area contributed by atoms with E-state index in [4.69, 9.17) is 28.2 Å². The maximum atomic E-state index is 12.4. The van der Waals surface area contributed by atoms with Crippen molar-refractivity contribution >= 4 is 34.8 Å². The van der Waals surface area contributed by atoms with E-state index in [2.05, 4.69) is 16.1 Å². The molecule has 27 heavy (non-hydrogen) atoms. The summed E-state index contributed by atoms with van der Waals surface area (Å²) in [6, 6.07) is 13.0. The topological polar surface area (TPSA) is 46.9 Å². The first-order valence-corrected chi connectivity index (χ1v) is 9.74. The van der Waals surface area contributed by atoms with E-state index in [0.29, 0.717) is 10.0 Å². The van der Waals surface area contributed by atoms with E-state index in [1.807, 2.05) is 24.3 Å². The highest BCUT2D eigenvalue weighted by Crippen LogP contribution is 2.25. The molecule has 0 aliphatic carbocycles. The zero-order valence-corrected chi connectivity index (χ0v) is 16.2. The van der Waals surface area contributed by atoms with Crippen molar-refractivity contribution in [3.05, 3.63) is 70.1 Å². The van der Waals surface area contributed by atoms with Gasteiger partial charge in [-0.3, -0.25) is 4.79 Å². The third kappa shape index (κ3) is 4.18. The third-order valence-electron chi connectivity index (χ3n) is 4.70. The Hall–Kier alpha value is -2.30. The lowest BCUT2D eigenvalue weighted by molar-refractivity contribution is -0.115. The van der Waals surface area contributed by atoms with Crippen molar-refractivity contribution in [1.82, 2.24) is 9.55 Å². The number of nitrogens with zero attached hydrogens (tertiary/aromatic N) is 2. The fourth-order valence-corrected chi connectivity index (χ4v) is 3.67. The van der Waals surface area contributed by atoms with E-state index >= 15 is 0 Å². The molecule has 1 amide bonds. The molecule has 0 radical (unpaired) electrons. The molecular weight excluding hydrogens is 381 g/mol. The van der Waals surface area contributed by atoms with Crippen molar-refractivity contribution in [3.8, 4) is 11.3 Å². The quantitative estimate of drug-likeness (QED) is 0.640. The zero-order valence-electron chi connectivity index (χ0n) is 14.7. The monoisotopic (exact) mass is 399 g/mol. The maximum Gasteiger partial charge on any atom is 0.228 e. The molecule has 0 spiro atoms. The lowest BCUT2D eigenvalue weighted by Gasteiger charge is -2.11. The summed E-state index contributed by atoms with van der Waals surface area (Å²) in [6.45, 7) is 1.03. The van der Waals surface area contributed by atoms with Gasteiger partial charge in [0, 0.05) is 30.4 Å². The van der Waals surface area contributed by atoms with Crippen LogP contribution >= 0.6 is 23.2 Å². The van der Waals surface area contributed by atoms with Crippen LogP contribution in [0.25, 0.3) is 11.3 Å². The van der Waals surface area contributed by atoms with Gasteiger partial charge in [-0.05, 0) is 42.7 Å². The molecule has 0 bridgehead atoms. The van der Waals surface area contributed by atoms with Crippen molar-refractivity contribution in [2.75, 3.05) is 5.32 Å². The summed E-state index contributed by atoms with van der Waals surface area (Å²) in [5.74, 6) is 1.04. The van der Waals surface area contributed by atoms with Crippen LogP contribution in [0, 0.1) is 0 Å². The SMILES string of the molecule is O=C(Cc1ccc(Cl)c(Cl)c1)Nc1cccc(-c2cn3c(n2)CCCC3)c1. The number of halogens is 2. The van der Waals surface area contributed by atoms with Crippen LogP contribution < -0.4 is 5.32 Å². The minimum Gasteiger partial charge on any atom is -0.334 e. The molecule has 1 N–H and O–H groups in total. The highest BCUT2D eigenvalue weighted by molar-refractivity contribution is 6.42. The Bertz CT molecular complexity index is 973. The van der Waals surface area contributed by atoms with Gasteiger partial charge in [-0.15, -0.1) is 0 Å². The lowest BCUT2D eigenvalue weighted by atomic mass is 10.1. The molecular formula is C21H19Cl2N3O. The molecule has 4 rings (SSSR count). The smallest absolute Gasteiger partial charge is 0.228 e. The average molecular weight is 400 g/mol. The van der Waals surface area contributed by atoms with Gasteiger partial charge in [0.1, 0.15) is 5.82 Å². The van der Waals surface area contributed by atoms with Crippen LogP contribution in [0.4, 0.5) is 5.69 Å². The number of anilines is 1. The number of hydrogen-bond donors (Lipinski definition) is 1. The maximum absolute atomic E-state index is 12.4. The van der Waals surface area contributed by atoms with Crippen molar-refractivity contribution in [3.63, 3.8) is 0 Å². The van der Waals surface area contributed by atoms with Crippen LogP contribution in [0.1, 0.15) is 24.2 Å². The minimum atomic E-state index is -0.102. The van der Waals surface area contributed by atoms with Crippen molar-refractivity contribution in [2.24, 2.45) is 0 Å². The molecule has 4 nitrogen and oxygen atoms in total. The molecule has 2 aromatic carbocycles. The van der Waals surface area contributed by atoms with Crippen LogP contribution in [-0.4, -0.2) is 15.5 Å². The van der Waals surface area contributed by atoms with Crippen molar-refractivity contribution in [2.45, 2.75) is 32.2 Å². The lowest BCUT2D eigenvalue weighted by Crippen LogP contribution is -2.14. The molecule has 0 fully saturated rings. The average Bonchev–Trinajstić information content (AvgIpc) is 3.09. The van der Waals surface area contributed by atoms with Gasteiger partial charge in [0.15, 0.2) is 0 Å². The summed E-state index contributed by atoms with van der Waals surface area (Å²) in [6.07, 6.45) is 5.76. The van der Waals surface area contributed by atoms with E-state index in [1.54, 1.807) is 18.2 Å². The van der Waals surface area contributed by atoms with Crippen molar-refractivity contribution < 1.29 is 4.79 Å². The number of rotatable bonds is 4. The van der Waals surface area contributed by atoms with Gasteiger partial charge in [0.05, 0.1) is 22.2 Å². The number of nitrogens with one attached hydrogen (secondary N) is 1. The van der Waals surface area contributed by atoms with E-state index in [1.165, 1.54) is 12.8 Å². The van der Waals surface area contributed by atoms with Gasteiger partial charge in [0.25, 0.3) is 0 Å². The standard InChI is InChI=1S/C21H19Cl2N3O/c22-17-8-7-14(10-18(17)23)11-21(27)24-16-5-3-4-15(12-16)19-13-26-9-2-1-6-20(26)25-19/h3-5,7-8,10,12-13H,1-2,6,9,11H2,(H,24,27). The molecule has 6 heteroatoms. The minimum absolute atomic E-state index is 0.102. The zero-order chi connectivity index (χ0) is 18.8. The largest absolute Gasteiger partial charge is 0.334 e. The second kappa shape index (κ2) is 7.75. The summed E-state index contributed by atoms with van der Waals surface area (Å²) in [5, 5.41) is 3.88. The number of fused-ring (bicyclic) bond motifs is 1. The van der Waals surface area contributed by atoms with Crippen LogP contribution in [0.3, 0.4) is 0 Å². The van der Waals surface area contributed by atoms with Gasteiger partial charge in [-0.2, -0.15) is 0 Å². The molecule has 1 aliphatic rings. The first-order chi connectivity index (χ1) is 13.1. The second-order valence-corrected chi connectivity index (χ2v) is 7.56. The van der Waals surface area contributed by atoms with Crippen molar-refractivity contribution in [1.29, 1.82) is 0 Å². The number of carbonyl (C=O) groups excluding carboxylic acids is 1. The normalized spacial score (nSPS) is 13.3. The van der Waals surface area contributed by atoms with Gasteiger partial charge >= 0.3 is 0 Å². The second-order valence-electron chi connectivity index (χ2n) is 6.75. The Kier molecular flexibility index (Phi) is 5.19. The summed E-state index contributed by atoms with van der Waals surface area (Å²) in [7, 11) is 0. The van der Waals surface area contributed by atoms with Crippen LogP contribution in [0.2, 0.25) is 10.0 Å².